The van der Waals surface area contributed by atoms with E-state index in [2.05, 4.69) is 0 Å². The second-order valence-corrected chi connectivity index (χ2v) is 10.00. The number of nitrogens with zero attached hydrogens (tertiary/aromatic N) is 2. The van der Waals surface area contributed by atoms with Crippen LogP contribution in [0.1, 0.15) is 16.8 Å². The lowest BCUT2D eigenvalue weighted by Gasteiger charge is -2.34. The van der Waals surface area contributed by atoms with Gasteiger partial charge in [-0.25, -0.2) is 8.42 Å². The normalized spacial score (nSPS) is 18.2. The molecule has 0 bridgehead atoms. The third-order valence-electron chi connectivity index (χ3n) is 5.96. The van der Waals surface area contributed by atoms with E-state index in [0.29, 0.717) is 60.7 Å². The van der Waals surface area contributed by atoms with E-state index in [-0.39, 0.29) is 37.0 Å². The lowest BCUT2D eigenvalue weighted by molar-refractivity contribution is 0.0696. The second kappa shape index (κ2) is 9.22. The van der Waals surface area contributed by atoms with Crippen LogP contribution < -0.4 is 23.7 Å². The number of fused-ring (bicyclic) bond motifs is 2. The molecule has 0 saturated carbocycles. The zero-order chi connectivity index (χ0) is 23.7. The molecule has 0 spiro atoms. The maximum atomic E-state index is 13.2. The summed E-state index contributed by atoms with van der Waals surface area (Å²) in [6, 6.07) is 7.93. The molecule has 0 aromatic heterocycles. The Morgan fingerprint density at radius 3 is 2.32 bits per heavy atom. The van der Waals surface area contributed by atoms with Crippen molar-refractivity contribution in [1.29, 1.82) is 0 Å². The van der Waals surface area contributed by atoms with Crippen molar-refractivity contribution in [2.24, 2.45) is 0 Å². The number of benzene rings is 2. The smallest absolute Gasteiger partial charge is 0.254 e. The van der Waals surface area contributed by atoms with Gasteiger partial charge in [0.1, 0.15) is 13.2 Å². The highest BCUT2D eigenvalue weighted by Gasteiger charge is 2.32. The molecule has 10 nitrogen and oxygen atoms in total. The molecular formula is C23H26N2O8S. The summed E-state index contributed by atoms with van der Waals surface area (Å²) in [4.78, 5) is 14.9. The van der Waals surface area contributed by atoms with E-state index >= 15 is 0 Å². The average molecular weight is 491 g/mol. The molecule has 0 unspecified atom stereocenters. The minimum absolute atomic E-state index is 0.146. The standard InChI is InChI=1S/C23H26N2O8S/c1-29-20-13-16(14-21-22(20)33-12-11-32-21)23(26)24-5-7-25(8-6-24)34(27,28)17-3-4-18-19(15-17)31-10-2-9-30-18/h3-4,13-15H,2,5-12H2,1H3. The summed E-state index contributed by atoms with van der Waals surface area (Å²) in [6.07, 6.45) is 0.738. The Hall–Kier alpha value is -3.18. The Morgan fingerprint density at radius 1 is 0.853 bits per heavy atom. The van der Waals surface area contributed by atoms with Crippen LogP contribution in [0.15, 0.2) is 35.2 Å². The van der Waals surface area contributed by atoms with E-state index in [1.807, 2.05) is 0 Å². The highest BCUT2D eigenvalue weighted by Crippen LogP contribution is 2.40. The number of ether oxygens (including phenoxy) is 5. The van der Waals surface area contributed by atoms with Crippen molar-refractivity contribution in [3.05, 3.63) is 35.9 Å². The third-order valence-corrected chi connectivity index (χ3v) is 7.85. The molecule has 1 saturated heterocycles. The molecule has 2 aromatic carbocycles. The highest BCUT2D eigenvalue weighted by molar-refractivity contribution is 7.89. The van der Waals surface area contributed by atoms with Crippen molar-refractivity contribution < 1.29 is 36.9 Å². The number of hydrogen-bond donors (Lipinski definition) is 0. The summed E-state index contributed by atoms with van der Waals surface area (Å²) in [5, 5.41) is 0. The van der Waals surface area contributed by atoms with Gasteiger partial charge < -0.3 is 28.6 Å². The first-order valence-corrected chi connectivity index (χ1v) is 12.6. The number of carbonyl (C=O) groups is 1. The number of piperazine rings is 1. The number of rotatable bonds is 4. The van der Waals surface area contributed by atoms with Gasteiger partial charge in [-0.05, 0) is 24.3 Å². The minimum atomic E-state index is -3.74. The van der Waals surface area contributed by atoms with Gasteiger partial charge in [-0.15, -0.1) is 0 Å². The van der Waals surface area contributed by atoms with Gasteiger partial charge in [-0.3, -0.25) is 4.79 Å². The monoisotopic (exact) mass is 490 g/mol. The predicted octanol–water partition coefficient (Wildman–Crippen LogP) is 1.77. The zero-order valence-electron chi connectivity index (χ0n) is 18.8. The van der Waals surface area contributed by atoms with E-state index in [0.717, 1.165) is 6.42 Å². The molecule has 3 aliphatic rings. The van der Waals surface area contributed by atoms with E-state index in [4.69, 9.17) is 23.7 Å². The summed E-state index contributed by atoms with van der Waals surface area (Å²) in [6.45, 7) is 2.71. The van der Waals surface area contributed by atoms with Crippen molar-refractivity contribution in [3.8, 4) is 28.7 Å². The van der Waals surface area contributed by atoms with Crippen LogP contribution in [0.5, 0.6) is 28.7 Å². The van der Waals surface area contributed by atoms with Gasteiger partial charge in [0.05, 0.1) is 25.2 Å². The van der Waals surface area contributed by atoms with E-state index in [9.17, 15) is 13.2 Å². The second-order valence-electron chi connectivity index (χ2n) is 8.06. The molecule has 34 heavy (non-hydrogen) atoms. The molecule has 1 fully saturated rings. The molecule has 0 atom stereocenters. The SMILES string of the molecule is COc1cc(C(=O)N2CCN(S(=O)(=O)c3ccc4c(c3)OCCCO4)CC2)cc2c1OCCO2. The van der Waals surface area contributed by atoms with Gasteiger partial charge in [0, 0.05) is 44.2 Å². The number of methoxy groups -OCH3 is 1. The predicted molar refractivity (Wildman–Crippen MR) is 121 cm³/mol. The maximum Gasteiger partial charge on any atom is 0.254 e. The highest BCUT2D eigenvalue weighted by atomic mass is 32.2. The fourth-order valence-electron chi connectivity index (χ4n) is 4.16. The Bertz CT molecular complexity index is 1170. The molecule has 3 aliphatic heterocycles. The quantitative estimate of drug-likeness (QED) is 0.639. The molecule has 0 aliphatic carbocycles. The van der Waals surface area contributed by atoms with Crippen molar-refractivity contribution >= 4 is 15.9 Å². The van der Waals surface area contributed by atoms with Gasteiger partial charge in [-0.2, -0.15) is 4.31 Å². The summed E-state index contributed by atoms with van der Waals surface area (Å²) in [5.41, 5.74) is 0.403. The van der Waals surface area contributed by atoms with E-state index in [1.54, 1.807) is 23.1 Å². The summed E-state index contributed by atoms with van der Waals surface area (Å²) in [5.74, 6) is 2.13. The number of hydrogen-bond acceptors (Lipinski definition) is 8. The van der Waals surface area contributed by atoms with Crippen LogP contribution in [0.3, 0.4) is 0 Å². The van der Waals surface area contributed by atoms with Crippen molar-refractivity contribution in [2.75, 3.05) is 59.7 Å². The first-order chi connectivity index (χ1) is 16.5. The molecule has 5 rings (SSSR count). The van der Waals surface area contributed by atoms with E-state index < -0.39 is 10.0 Å². The summed E-state index contributed by atoms with van der Waals surface area (Å²) >= 11 is 0. The van der Waals surface area contributed by atoms with Crippen LogP contribution in [-0.4, -0.2) is 83.2 Å². The lowest BCUT2D eigenvalue weighted by Crippen LogP contribution is -2.50. The Morgan fingerprint density at radius 2 is 1.56 bits per heavy atom. The van der Waals surface area contributed by atoms with E-state index in [1.165, 1.54) is 23.5 Å². The lowest BCUT2D eigenvalue weighted by atomic mass is 10.1. The van der Waals surface area contributed by atoms with Crippen LogP contribution in [0.25, 0.3) is 0 Å². The Labute approximate surface area is 197 Å². The summed E-state index contributed by atoms with van der Waals surface area (Å²) < 4.78 is 55.7. The largest absolute Gasteiger partial charge is 0.493 e. The molecular weight excluding hydrogens is 464 g/mol. The van der Waals surface area contributed by atoms with Crippen LogP contribution in [0, 0.1) is 0 Å². The van der Waals surface area contributed by atoms with Gasteiger partial charge in [0.15, 0.2) is 23.0 Å². The molecule has 2 aromatic rings. The van der Waals surface area contributed by atoms with Gasteiger partial charge in [0.25, 0.3) is 5.91 Å². The number of amides is 1. The summed E-state index contributed by atoms with van der Waals surface area (Å²) in [7, 11) is -2.24. The van der Waals surface area contributed by atoms with Crippen molar-refractivity contribution in [2.45, 2.75) is 11.3 Å². The first kappa shape index (κ1) is 22.6. The maximum absolute atomic E-state index is 13.2. The van der Waals surface area contributed by atoms with Gasteiger partial charge in [0.2, 0.25) is 15.8 Å². The molecule has 1 amide bonds. The van der Waals surface area contributed by atoms with Gasteiger partial charge >= 0.3 is 0 Å². The number of sulfonamides is 1. The third kappa shape index (κ3) is 4.21. The molecule has 3 heterocycles. The fraction of sp³-hybridized carbons (Fsp3) is 0.435. The fourth-order valence-corrected chi connectivity index (χ4v) is 5.60. The van der Waals surface area contributed by atoms with Crippen LogP contribution in [0.4, 0.5) is 0 Å². The zero-order valence-corrected chi connectivity index (χ0v) is 19.6. The average Bonchev–Trinajstić information content (AvgIpc) is 3.12. The van der Waals surface area contributed by atoms with Crippen molar-refractivity contribution in [1.82, 2.24) is 9.21 Å². The first-order valence-electron chi connectivity index (χ1n) is 11.1. The van der Waals surface area contributed by atoms with Crippen LogP contribution in [-0.2, 0) is 10.0 Å². The van der Waals surface area contributed by atoms with Gasteiger partial charge in [-0.1, -0.05) is 0 Å². The van der Waals surface area contributed by atoms with Crippen molar-refractivity contribution in [3.63, 3.8) is 0 Å². The minimum Gasteiger partial charge on any atom is -0.493 e. The molecule has 0 radical (unpaired) electrons. The topological polar surface area (TPSA) is 104 Å². The molecule has 0 N–H and O–H groups in total. The molecule has 182 valence electrons. The number of carbonyl (C=O) groups excluding carboxylic acids is 1. The Balaban J connectivity index is 1.29. The van der Waals surface area contributed by atoms with Crippen LogP contribution in [0.2, 0.25) is 0 Å². The Kier molecular flexibility index (Phi) is 6.13. The van der Waals surface area contributed by atoms with Crippen LogP contribution >= 0.6 is 0 Å². The molecule has 11 heteroatoms.